The van der Waals surface area contributed by atoms with Crippen LogP contribution in [0.4, 0.5) is 17.6 Å². The Morgan fingerprint density at radius 3 is 1.89 bits per heavy atom. The number of H-pyrrole nitrogens is 1. The van der Waals surface area contributed by atoms with Gasteiger partial charge in [-0.3, -0.25) is 9.59 Å². The second-order valence-corrected chi connectivity index (χ2v) is 6.65. The van der Waals surface area contributed by atoms with Gasteiger partial charge in [-0.25, -0.2) is 5.10 Å². The molecule has 0 saturated heterocycles. The maximum atomic E-state index is 12.0. The Labute approximate surface area is 213 Å². The highest BCUT2D eigenvalue weighted by Gasteiger charge is 2.13. The summed E-state index contributed by atoms with van der Waals surface area (Å²) in [5.74, 6) is 0.0533. The van der Waals surface area contributed by atoms with E-state index in [9.17, 15) is 27.2 Å². The number of aromatic amines is 1. The average Bonchev–Trinajstić information content (AvgIpc) is 2.83. The molecule has 0 aliphatic carbocycles. The van der Waals surface area contributed by atoms with Crippen LogP contribution < -0.4 is 30.1 Å². The highest BCUT2D eigenvalue weighted by Crippen LogP contribution is 2.24. The summed E-state index contributed by atoms with van der Waals surface area (Å²) in [5.41, 5.74) is -1.29. The maximum Gasteiger partial charge on any atom is 0.388 e. The number of rotatable bonds is 6. The Morgan fingerprint density at radius 1 is 0.833 bits per heavy atom. The van der Waals surface area contributed by atoms with Gasteiger partial charge in [-0.05, 0) is 0 Å². The van der Waals surface area contributed by atoms with Crippen LogP contribution in [0.15, 0.2) is 27.8 Å². The summed E-state index contributed by atoms with van der Waals surface area (Å²) < 4.78 is 65.4. The molecule has 0 spiro atoms. The van der Waals surface area contributed by atoms with Crippen molar-refractivity contribution in [3.8, 4) is 23.1 Å². The van der Waals surface area contributed by atoms with Gasteiger partial charge in [0.15, 0.2) is 32.7 Å². The van der Waals surface area contributed by atoms with Gasteiger partial charge in [0.2, 0.25) is 5.88 Å². The van der Waals surface area contributed by atoms with Crippen molar-refractivity contribution < 1.29 is 36.5 Å². The minimum Gasteiger partial charge on any atom is -0.493 e. The average molecular weight is 582 g/mol. The SMILES string of the molecule is COc1cc(=O)[nH]nc1Cl.COc1cc(=O)n(C(F)F)nc1Cl.COc1cc(OC(F)F)nnc1Cl. The van der Waals surface area contributed by atoms with E-state index in [1.165, 1.54) is 27.4 Å². The fraction of sp³-hybridized carbons (Fsp3) is 0.294. The largest absolute Gasteiger partial charge is 0.493 e. The van der Waals surface area contributed by atoms with Crippen LogP contribution in [-0.4, -0.2) is 58.1 Å². The van der Waals surface area contributed by atoms with Crippen LogP contribution in [0.2, 0.25) is 15.5 Å². The van der Waals surface area contributed by atoms with Gasteiger partial charge in [0, 0.05) is 6.07 Å². The van der Waals surface area contributed by atoms with Gasteiger partial charge < -0.3 is 18.9 Å². The number of aromatic nitrogens is 6. The molecule has 0 radical (unpaired) electrons. The van der Waals surface area contributed by atoms with E-state index in [0.29, 0.717) is 0 Å². The maximum absolute atomic E-state index is 12.0. The van der Waals surface area contributed by atoms with Crippen molar-refractivity contribution in [1.29, 1.82) is 0 Å². The molecule has 3 aromatic heterocycles. The molecule has 1 N–H and O–H groups in total. The van der Waals surface area contributed by atoms with Crippen molar-refractivity contribution >= 4 is 34.8 Å². The van der Waals surface area contributed by atoms with E-state index in [1.807, 2.05) is 0 Å². The zero-order valence-corrected chi connectivity index (χ0v) is 20.5. The normalized spacial score (nSPS) is 10.1. The molecular weight excluding hydrogens is 567 g/mol. The summed E-state index contributed by atoms with van der Waals surface area (Å²) in [6.07, 6.45) is 0. The van der Waals surface area contributed by atoms with E-state index in [0.717, 1.165) is 12.1 Å². The summed E-state index contributed by atoms with van der Waals surface area (Å²) in [6.45, 7) is -5.95. The molecule has 0 unspecified atom stereocenters. The number of nitrogens with zero attached hydrogens (tertiary/aromatic N) is 5. The number of hydrogen-bond donors (Lipinski definition) is 1. The fourth-order valence-electron chi connectivity index (χ4n) is 1.86. The number of alkyl halides is 4. The lowest BCUT2D eigenvalue weighted by Crippen LogP contribution is -2.23. The van der Waals surface area contributed by atoms with Crippen molar-refractivity contribution in [1.82, 2.24) is 30.2 Å². The highest BCUT2D eigenvalue weighted by atomic mass is 35.5. The predicted molar refractivity (Wildman–Crippen MR) is 118 cm³/mol. The van der Waals surface area contributed by atoms with E-state index in [4.69, 9.17) is 44.3 Å². The van der Waals surface area contributed by atoms with Crippen LogP contribution >= 0.6 is 34.8 Å². The quantitative estimate of drug-likeness (QED) is 0.430. The summed E-state index contributed by atoms with van der Waals surface area (Å²) in [5, 5.41) is 15.2. The molecule has 0 saturated carbocycles. The van der Waals surface area contributed by atoms with Crippen molar-refractivity contribution in [3.05, 3.63) is 54.4 Å². The minimum atomic E-state index is -3.00. The van der Waals surface area contributed by atoms with E-state index >= 15 is 0 Å². The van der Waals surface area contributed by atoms with Crippen LogP contribution in [0.25, 0.3) is 0 Å². The summed E-state index contributed by atoms with van der Waals surface area (Å²) in [4.78, 5) is 21.4. The molecule has 12 nitrogen and oxygen atoms in total. The third-order valence-electron chi connectivity index (χ3n) is 3.36. The molecule has 0 aliphatic heterocycles. The second kappa shape index (κ2) is 14.9. The monoisotopic (exact) mass is 580 g/mol. The number of ether oxygens (including phenoxy) is 4. The third kappa shape index (κ3) is 9.71. The Morgan fingerprint density at radius 2 is 1.39 bits per heavy atom. The number of methoxy groups -OCH3 is 3. The van der Waals surface area contributed by atoms with Crippen LogP contribution in [-0.2, 0) is 0 Å². The molecule has 0 amide bonds. The van der Waals surface area contributed by atoms with Gasteiger partial charge in [-0.2, -0.15) is 27.3 Å². The molecule has 0 aromatic carbocycles. The Hall–Kier alpha value is -3.37. The molecular formula is C17H15Cl3F4N6O6. The third-order valence-corrected chi connectivity index (χ3v) is 4.15. The highest BCUT2D eigenvalue weighted by molar-refractivity contribution is 6.31. The topological polar surface area (TPSA) is 143 Å². The molecule has 0 atom stereocenters. The van der Waals surface area contributed by atoms with Gasteiger partial charge in [0.05, 0.1) is 33.5 Å². The van der Waals surface area contributed by atoms with E-state index in [2.05, 4.69) is 35.0 Å². The first-order chi connectivity index (χ1) is 16.9. The lowest BCUT2D eigenvalue weighted by Gasteiger charge is -2.05. The van der Waals surface area contributed by atoms with Crippen molar-refractivity contribution in [3.63, 3.8) is 0 Å². The first kappa shape index (κ1) is 30.7. The molecule has 3 rings (SSSR count). The number of hydrogen-bond acceptors (Lipinski definition) is 10. The summed E-state index contributed by atoms with van der Waals surface area (Å²) in [7, 11) is 4.01. The van der Waals surface area contributed by atoms with E-state index in [-0.39, 0.29) is 48.8 Å². The van der Waals surface area contributed by atoms with E-state index < -0.39 is 18.7 Å². The van der Waals surface area contributed by atoms with Crippen LogP contribution in [0.1, 0.15) is 6.55 Å². The fourth-order valence-corrected chi connectivity index (χ4v) is 2.42. The summed E-state index contributed by atoms with van der Waals surface area (Å²) in [6, 6.07) is 3.21. The first-order valence-corrected chi connectivity index (χ1v) is 9.99. The minimum absolute atomic E-state index is 0.0101. The molecule has 3 heterocycles. The predicted octanol–water partition coefficient (Wildman–Crippen LogP) is 3.47. The molecule has 0 aliphatic rings. The van der Waals surface area contributed by atoms with Crippen LogP contribution in [0.5, 0.6) is 23.1 Å². The smallest absolute Gasteiger partial charge is 0.388 e. The molecule has 0 bridgehead atoms. The van der Waals surface area contributed by atoms with Gasteiger partial charge in [-0.1, -0.05) is 34.8 Å². The summed E-state index contributed by atoms with van der Waals surface area (Å²) >= 11 is 16.4. The lowest BCUT2D eigenvalue weighted by molar-refractivity contribution is -0.0535. The standard InChI is InChI=1S/2C6H5ClF2N2O2.C5H5ClN2O2/c1-13-3-2-4(12)11(6(8)9)10-5(3)7;1-12-3-2-4(13-6(8)9)10-11-5(3)7;1-10-3-2-4(9)7-8-5(3)6/h2*2,6H,1H3;2H,1H3,(H,7,9). The second-order valence-electron chi connectivity index (χ2n) is 5.58. The van der Waals surface area contributed by atoms with Gasteiger partial charge in [0.1, 0.15) is 0 Å². The Kier molecular flexibility index (Phi) is 12.7. The lowest BCUT2D eigenvalue weighted by atomic mass is 10.5. The molecule has 19 heteroatoms. The van der Waals surface area contributed by atoms with E-state index in [1.54, 1.807) is 0 Å². The van der Waals surface area contributed by atoms with Gasteiger partial charge >= 0.3 is 13.2 Å². The zero-order valence-electron chi connectivity index (χ0n) is 18.2. The van der Waals surface area contributed by atoms with Crippen LogP contribution in [0, 0.1) is 0 Å². The zero-order chi connectivity index (χ0) is 27.4. The molecule has 36 heavy (non-hydrogen) atoms. The van der Waals surface area contributed by atoms with Crippen LogP contribution in [0.3, 0.4) is 0 Å². The number of halogens is 7. The van der Waals surface area contributed by atoms with Gasteiger partial charge in [-0.15, -0.1) is 15.3 Å². The van der Waals surface area contributed by atoms with Crippen molar-refractivity contribution in [2.75, 3.05) is 21.3 Å². The van der Waals surface area contributed by atoms with Gasteiger partial charge in [0.25, 0.3) is 11.1 Å². The molecule has 0 fully saturated rings. The Bertz CT molecular complexity index is 1250. The van der Waals surface area contributed by atoms with Crippen molar-refractivity contribution in [2.45, 2.75) is 13.2 Å². The molecule has 198 valence electrons. The number of nitrogens with one attached hydrogen (secondary N) is 1. The van der Waals surface area contributed by atoms with Crippen molar-refractivity contribution in [2.24, 2.45) is 0 Å². The first-order valence-electron chi connectivity index (χ1n) is 8.86. The Balaban J connectivity index is 0.000000273. The molecule has 3 aromatic rings.